The number of aromatic nitrogens is 1. The standard InChI is InChI=1S/C20H22N4OS/c1-3-24-9-8-13-16(11-24)26-20-17(13)19(25)21-18(22-20)14-10-23(2)15-7-5-4-6-12(14)15/h4-7,10,18,22H,3,8-9,11H2,1-2H3,(H,21,25)/p+1/t18-/m1/s1. The van der Waals surface area contributed by atoms with Gasteiger partial charge in [-0.25, -0.2) is 0 Å². The highest BCUT2D eigenvalue weighted by atomic mass is 32.1. The Morgan fingerprint density at radius 3 is 3.00 bits per heavy atom. The molecular weight excluding hydrogens is 344 g/mol. The maximum atomic E-state index is 12.9. The van der Waals surface area contributed by atoms with Crippen LogP contribution in [0.2, 0.25) is 0 Å². The number of hydrogen-bond donors (Lipinski definition) is 3. The number of benzene rings is 1. The summed E-state index contributed by atoms with van der Waals surface area (Å²) in [6.45, 7) is 5.53. The van der Waals surface area contributed by atoms with Crippen LogP contribution in [0, 0.1) is 0 Å². The van der Waals surface area contributed by atoms with Gasteiger partial charge in [0, 0.05) is 36.1 Å². The molecule has 2 aliphatic rings. The van der Waals surface area contributed by atoms with Crippen LogP contribution < -0.4 is 15.5 Å². The fourth-order valence-electron chi connectivity index (χ4n) is 4.31. The quantitative estimate of drug-likeness (QED) is 0.649. The molecule has 3 N–H and O–H groups in total. The van der Waals surface area contributed by atoms with Crippen molar-refractivity contribution in [2.45, 2.75) is 26.1 Å². The smallest absolute Gasteiger partial charge is 0.256 e. The molecule has 0 bridgehead atoms. The number of anilines is 1. The number of likely N-dealkylation sites (N-methyl/N-ethyl adjacent to an activating group) is 1. The van der Waals surface area contributed by atoms with E-state index in [2.05, 4.69) is 40.5 Å². The molecule has 0 saturated carbocycles. The fraction of sp³-hybridized carbons (Fsp3) is 0.350. The zero-order valence-electron chi connectivity index (χ0n) is 15.1. The first-order chi connectivity index (χ1) is 12.7. The van der Waals surface area contributed by atoms with Crippen LogP contribution in [-0.2, 0) is 20.0 Å². The third-order valence-electron chi connectivity index (χ3n) is 5.75. The second-order valence-corrected chi connectivity index (χ2v) is 8.36. The highest BCUT2D eigenvalue weighted by Gasteiger charge is 2.34. The number of aryl methyl sites for hydroxylation is 1. The summed E-state index contributed by atoms with van der Waals surface area (Å²) in [5.41, 5.74) is 4.45. The van der Waals surface area contributed by atoms with E-state index in [-0.39, 0.29) is 12.1 Å². The minimum atomic E-state index is -0.184. The average Bonchev–Trinajstić information content (AvgIpc) is 3.19. The Kier molecular flexibility index (Phi) is 3.58. The average molecular weight is 367 g/mol. The predicted molar refractivity (Wildman–Crippen MR) is 105 cm³/mol. The van der Waals surface area contributed by atoms with Gasteiger partial charge in [0.05, 0.1) is 23.5 Å². The zero-order chi connectivity index (χ0) is 17.8. The van der Waals surface area contributed by atoms with Gasteiger partial charge in [-0.05, 0) is 18.6 Å². The number of fused-ring (bicyclic) bond motifs is 4. The molecule has 134 valence electrons. The Labute approximate surface area is 156 Å². The molecule has 2 aliphatic heterocycles. The number of para-hydroxylation sites is 1. The van der Waals surface area contributed by atoms with Crippen LogP contribution in [0.15, 0.2) is 30.5 Å². The molecule has 1 amide bonds. The molecule has 0 aliphatic carbocycles. The number of thiophene rings is 1. The van der Waals surface area contributed by atoms with Gasteiger partial charge in [0.15, 0.2) is 0 Å². The van der Waals surface area contributed by atoms with Crippen molar-refractivity contribution in [3.8, 4) is 0 Å². The van der Waals surface area contributed by atoms with Gasteiger partial charge in [0.2, 0.25) is 0 Å². The number of amides is 1. The molecular formula is C20H23N4OS+. The van der Waals surface area contributed by atoms with Crippen LogP contribution in [0.4, 0.5) is 5.00 Å². The van der Waals surface area contributed by atoms with Crippen molar-refractivity contribution in [3.05, 3.63) is 52.0 Å². The molecule has 26 heavy (non-hydrogen) atoms. The van der Waals surface area contributed by atoms with Gasteiger partial charge in [-0.15, -0.1) is 11.3 Å². The molecule has 6 heteroatoms. The topological polar surface area (TPSA) is 50.5 Å². The van der Waals surface area contributed by atoms with Gasteiger partial charge < -0.3 is 20.1 Å². The van der Waals surface area contributed by atoms with E-state index < -0.39 is 0 Å². The molecule has 3 aromatic rings. The number of carbonyl (C=O) groups excluding carboxylic acids is 1. The van der Waals surface area contributed by atoms with Gasteiger partial charge in [0.1, 0.15) is 17.7 Å². The van der Waals surface area contributed by atoms with Gasteiger partial charge in [-0.2, -0.15) is 0 Å². The largest absolute Gasteiger partial charge is 0.353 e. The van der Waals surface area contributed by atoms with E-state index in [1.165, 1.54) is 21.3 Å². The molecule has 1 unspecified atom stereocenters. The summed E-state index contributed by atoms with van der Waals surface area (Å²) < 4.78 is 2.12. The Morgan fingerprint density at radius 2 is 2.15 bits per heavy atom. The van der Waals surface area contributed by atoms with Gasteiger partial charge in [-0.1, -0.05) is 18.2 Å². The molecule has 2 atom stereocenters. The Balaban J connectivity index is 1.55. The lowest BCUT2D eigenvalue weighted by Crippen LogP contribution is -3.11. The first-order valence-corrected chi connectivity index (χ1v) is 10.1. The lowest BCUT2D eigenvalue weighted by atomic mass is 10.0. The number of nitrogens with one attached hydrogen (secondary N) is 3. The molecule has 2 aromatic heterocycles. The second-order valence-electron chi connectivity index (χ2n) is 7.25. The molecule has 1 aromatic carbocycles. The van der Waals surface area contributed by atoms with Crippen LogP contribution in [0.25, 0.3) is 10.9 Å². The Hall–Kier alpha value is -2.31. The van der Waals surface area contributed by atoms with Crippen molar-refractivity contribution in [2.75, 3.05) is 18.4 Å². The molecule has 0 spiro atoms. The molecule has 0 saturated heterocycles. The van der Waals surface area contributed by atoms with Crippen LogP contribution >= 0.6 is 11.3 Å². The van der Waals surface area contributed by atoms with Crippen LogP contribution in [0.3, 0.4) is 0 Å². The van der Waals surface area contributed by atoms with E-state index in [1.807, 2.05) is 19.2 Å². The lowest BCUT2D eigenvalue weighted by Gasteiger charge is -2.27. The van der Waals surface area contributed by atoms with E-state index in [1.54, 1.807) is 16.2 Å². The highest BCUT2D eigenvalue weighted by Crippen LogP contribution is 2.40. The normalized spacial score (nSPS) is 21.8. The van der Waals surface area contributed by atoms with Gasteiger partial charge in [0.25, 0.3) is 5.91 Å². The maximum Gasteiger partial charge on any atom is 0.256 e. The summed E-state index contributed by atoms with van der Waals surface area (Å²) in [4.78, 5) is 15.9. The maximum absolute atomic E-state index is 12.9. The van der Waals surface area contributed by atoms with E-state index in [4.69, 9.17) is 0 Å². The molecule has 0 radical (unpaired) electrons. The first-order valence-electron chi connectivity index (χ1n) is 9.25. The number of carbonyl (C=O) groups is 1. The van der Waals surface area contributed by atoms with Crippen molar-refractivity contribution < 1.29 is 9.69 Å². The van der Waals surface area contributed by atoms with E-state index in [0.29, 0.717) is 0 Å². The third kappa shape index (κ3) is 2.29. The molecule has 5 nitrogen and oxygen atoms in total. The van der Waals surface area contributed by atoms with Crippen molar-refractivity contribution in [1.82, 2.24) is 9.88 Å². The zero-order valence-corrected chi connectivity index (χ0v) is 15.9. The van der Waals surface area contributed by atoms with Gasteiger partial charge >= 0.3 is 0 Å². The van der Waals surface area contributed by atoms with Crippen molar-refractivity contribution in [2.24, 2.45) is 7.05 Å². The van der Waals surface area contributed by atoms with E-state index in [0.717, 1.165) is 42.2 Å². The van der Waals surface area contributed by atoms with Crippen LogP contribution in [0.1, 0.15) is 39.5 Å². The molecule has 4 heterocycles. The van der Waals surface area contributed by atoms with E-state index in [9.17, 15) is 4.79 Å². The van der Waals surface area contributed by atoms with Crippen LogP contribution in [-0.4, -0.2) is 23.6 Å². The summed E-state index contributed by atoms with van der Waals surface area (Å²) in [6, 6.07) is 8.33. The first kappa shape index (κ1) is 15.9. The number of nitrogens with zero attached hydrogens (tertiary/aromatic N) is 1. The van der Waals surface area contributed by atoms with Gasteiger partial charge in [-0.3, -0.25) is 4.79 Å². The molecule has 5 rings (SSSR count). The highest BCUT2D eigenvalue weighted by molar-refractivity contribution is 7.16. The number of hydrogen-bond acceptors (Lipinski definition) is 3. The summed E-state index contributed by atoms with van der Waals surface area (Å²) in [6.07, 6.45) is 2.93. The number of rotatable bonds is 2. The van der Waals surface area contributed by atoms with Crippen molar-refractivity contribution in [1.29, 1.82) is 0 Å². The van der Waals surface area contributed by atoms with Crippen molar-refractivity contribution >= 4 is 33.1 Å². The summed E-state index contributed by atoms with van der Waals surface area (Å²) in [7, 11) is 2.05. The summed E-state index contributed by atoms with van der Waals surface area (Å²) >= 11 is 1.77. The summed E-state index contributed by atoms with van der Waals surface area (Å²) in [5.74, 6) is 0.0640. The van der Waals surface area contributed by atoms with E-state index >= 15 is 0 Å². The monoisotopic (exact) mass is 367 g/mol. The Morgan fingerprint density at radius 1 is 1.31 bits per heavy atom. The third-order valence-corrected chi connectivity index (χ3v) is 6.91. The van der Waals surface area contributed by atoms with Crippen LogP contribution in [0.5, 0.6) is 0 Å². The minimum absolute atomic E-state index is 0.0640. The predicted octanol–water partition coefficient (Wildman–Crippen LogP) is 2.05. The number of quaternary nitrogens is 1. The second kappa shape index (κ2) is 5.86. The van der Waals surface area contributed by atoms with Crippen molar-refractivity contribution in [3.63, 3.8) is 0 Å². The fourth-order valence-corrected chi connectivity index (χ4v) is 5.65. The lowest BCUT2D eigenvalue weighted by molar-refractivity contribution is -0.913. The minimum Gasteiger partial charge on any atom is -0.353 e. The summed E-state index contributed by atoms with van der Waals surface area (Å²) in [5, 5.41) is 9.01. The SMILES string of the molecule is CC[NH+]1CCc2c(sc3c2C(=O)N[C@@H](c2cn(C)c4ccccc24)N3)C1. The molecule has 0 fully saturated rings. The Bertz CT molecular complexity index is 1020.